The zero-order valence-electron chi connectivity index (χ0n) is 19.0. The van der Waals surface area contributed by atoms with E-state index in [-0.39, 0.29) is 6.03 Å². The summed E-state index contributed by atoms with van der Waals surface area (Å²) < 4.78 is 0. The molecule has 0 fully saturated rings. The van der Waals surface area contributed by atoms with E-state index < -0.39 is 0 Å². The molecule has 2 heterocycles. The van der Waals surface area contributed by atoms with Crippen molar-refractivity contribution in [2.45, 2.75) is 6.92 Å². The van der Waals surface area contributed by atoms with Gasteiger partial charge in [-0.15, -0.1) is 0 Å². The molecule has 0 radical (unpaired) electrons. The van der Waals surface area contributed by atoms with E-state index in [1.165, 1.54) is 5.56 Å². The van der Waals surface area contributed by atoms with E-state index in [2.05, 4.69) is 43.6 Å². The fourth-order valence-corrected chi connectivity index (χ4v) is 4.07. The number of carbonyl (C=O) groups is 1. The molecule has 2 amide bonds. The van der Waals surface area contributed by atoms with Gasteiger partial charge in [-0.05, 0) is 85.3 Å². The van der Waals surface area contributed by atoms with Crippen LogP contribution in [0.5, 0.6) is 0 Å². The normalized spacial score (nSPS) is 11.1. The Morgan fingerprint density at radius 1 is 0.657 bits per heavy atom. The molecule has 0 saturated carbocycles. The average molecular weight is 459 g/mol. The van der Waals surface area contributed by atoms with Crippen LogP contribution in [-0.4, -0.2) is 26.0 Å². The van der Waals surface area contributed by atoms with E-state index in [4.69, 9.17) is 0 Å². The molecule has 0 aliphatic rings. The molecule has 6 aromatic rings. The maximum absolute atomic E-state index is 12.5. The van der Waals surface area contributed by atoms with Crippen LogP contribution in [0, 0.1) is 6.92 Å². The van der Waals surface area contributed by atoms with Gasteiger partial charge in [0.1, 0.15) is 11.6 Å². The summed E-state index contributed by atoms with van der Waals surface area (Å²) in [7, 11) is 0. The van der Waals surface area contributed by atoms with Gasteiger partial charge in [0.2, 0.25) is 0 Å². The number of aromatic nitrogens is 4. The lowest BCUT2D eigenvalue weighted by Gasteiger charge is -2.08. The molecular formula is C28H22N6O. The first-order valence-corrected chi connectivity index (χ1v) is 11.3. The van der Waals surface area contributed by atoms with Crippen molar-refractivity contribution in [2.75, 3.05) is 10.6 Å². The molecule has 4 aromatic carbocycles. The monoisotopic (exact) mass is 458 g/mol. The van der Waals surface area contributed by atoms with Crippen LogP contribution in [0.1, 0.15) is 5.56 Å². The SMILES string of the molecule is Cc1ccc2nc(-c3ccc(NC(=O)Nc4ccc(-c5nc6ccccc6[nH]5)cc4)cc3)[nH]c2c1. The number of nitrogens with zero attached hydrogens (tertiary/aromatic N) is 2. The number of anilines is 2. The second-order valence-electron chi connectivity index (χ2n) is 8.44. The van der Waals surface area contributed by atoms with Gasteiger partial charge >= 0.3 is 6.03 Å². The summed E-state index contributed by atoms with van der Waals surface area (Å²) in [6.45, 7) is 2.06. The van der Waals surface area contributed by atoms with E-state index in [0.29, 0.717) is 11.4 Å². The van der Waals surface area contributed by atoms with E-state index in [9.17, 15) is 4.79 Å². The van der Waals surface area contributed by atoms with Crippen LogP contribution in [0.15, 0.2) is 91.0 Å². The Morgan fingerprint density at radius 3 is 1.80 bits per heavy atom. The van der Waals surface area contributed by atoms with Crippen LogP contribution in [0.2, 0.25) is 0 Å². The number of aromatic amines is 2. The molecule has 35 heavy (non-hydrogen) atoms. The van der Waals surface area contributed by atoms with Gasteiger partial charge in [-0.2, -0.15) is 0 Å². The number of urea groups is 1. The first-order valence-electron chi connectivity index (χ1n) is 11.3. The standard InChI is InChI=1S/C28H22N6O/c1-17-6-15-24-25(16-17)34-27(33-24)19-9-13-21(14-10-19)30-28(35)29-20-11-7-18(8-12-20)26-31-22-4-2-3-5-23(22)32-26/h2-16H,1H3,(H,31,32)(H,33,34)(H2,29,30,35). The van der Waals surface area contributed by atoms with Crippen molar-refractivity contribution in [1.29, 1.82) is 0 Å². The summed E-state index contributed by atoms with van der Waals surface area (Å²) in [5.74, 6) is 1.59. The average Bonchev–Trinajstić information content (AvgIpc) is 3.49. The van der Waals surface area contributed by atoms with E-state index in [0.717, 1.165) is 44.8 Å². The minimum Gasteiger partial charge on any atom is -0.338 e. The molecule has 170 valence electrons. The highest BCUT2D eigenvalue weighted by Gasteiger charge is 2.08. The molecule has 7 nitrogen and oxygen atoms in total. The van der Waals surface area contributed by atoms with Crippen molar-refractivity contribution in [3.63, 3.8) is 0 Å². The molecular weight excluding hydrogens is 436 g/mol. The summed E-state index contributed by atoms with van der Waals surface area (Å²) in [5.41, 5.74) is 8.31. The second-order valence-corrected chi connectivity index (χ2v) is 8.44. The van der Waals surface area contributed by atoms with Crippen molar-refractivity contribution >= 4 is 39.5 Å². The third-order valence-electron chi connectivity index (χ3n) is 5.86. The van der Waals surface area contributed by atoms with Gasteiger partial charge < -0.3 is 20.6 Å². The van der Waals surface area contributed by atoms with Crippen LogP contribution in [0.4, 0.5) is 16.2 Å². The van der Waals surface area contributed by atoms with Crippen LogP contribution >= 0.6 is 0 Å². The largest absolute Gasteiger partial charge is 0.338 e. The molecule has 0 spiro atoms. The lowest BCUT2D eigenvalue weighted by atomic mass is 10.2. The van der Waals surface area contributed by atoms with Crippen LogP contribution in [0.3, 0.4) is 0 Å². The smallest absolute Gasteiger partial charge is 0.323 e. The van der Waals surface area contributed by atoms with Gasteiger partial charge in [0, 0.05) is 22.5 Å². The molecule has 7 heteroatoms. The number of benzene rings is 4. The maximum Gasteiger partial charge on any atom is 0.323 e. The van der Waals surface area contributed by atoms with Crippen molar-refractivity contribution in [3.05, 3.63) is 96.6 Å². The summed E-state index contributed by atoms with van der Waals surface area (Å²) in [5, 5.41) is 5.73. The summed E-state index contributed by atoms with van der Waals surface area (Å²) in [6, 6.07) is 28.9. The number of carbonyl (C=O) groups excluding carboxylic acids is 1. The topological polar surface area (TPSA) is 98.5 Å². The number of hydrogen-bond acceptors (Lipinski definition) is 3. The molecule has 0 aliphatic carbocycles. The molecule has 2 aromatic heterocycles. The van der Waals surface area contributed by atoms with Crippen molar-refractivity contribution in [2.24, 2.45) is 0 Å². The van der Waals surface area contributed by atoms with Gasteiger partial charge in [-0.25, -0.2) is 14.8 Å². The number of aryl methyl sites for hydroxylation is 1. The second kappa shape index (κ2) is 8.46. The Morgan fingerprint density at radius 2 is 1.20 bits per heavy atom. The molecule has 0 atom stereocenters. The van der Waals surface area contributed by atoms with Crippen molar-refractivity contribution in [1.82, 2.24) is 19.9 Å². The number of nitrogens with one attached hydrogen (secondary N) is 4. The highest BCUT2D eigenvalue weighted by atomic mass is 16.2. The maximum atomic E-state index is 12.5. The first kappa shape index (κ1) is 20.7. The van der Waals surface area contributed by atoms with Crippen LogP contribution in [0.25, 0.3) is 44.8 Å². The Balaban J connectivity index is 1.11. The minimum atomic E-state index is -0.312. The highest BCUT2D eigenvalue weighted by Crippen LogP contribution is 2.24. The predicted molar refractivity (Wildman–Crippen MR) is 140 cm³/mol. The zero-order valence-corrected chi connectivity index (χ0v) is 19.0. The first-order chi connectivity index (χ1) is 17.1. The Hall–Kier alpha value is -4.91. The predicted octanol–water partition coefficient (Wildman–Crippen LogP) is 6.73. The molecule has 0 aliphatic heterocycles. The number of para-hydroxylation sites is 2. The van der Waals surface area contributed by atoms with Crippen molar-refractivity contribution in [3.8, 4) is 22.8 Å². The lowest BCUT2D eigenvalue weighted by molar-refractivity contribution is 0.262. The molecule has 6 rings (SSSR count). The third-order valence-corrected chi connectivity index (χ3v) is 5.86. The fraction of sp³-hybridized carbons (Fsp3) is 0.0357. The quantitative estimate of drug-likeness (QED) is 0.236. The fourth-order valence-electron chi connectivity index (χ4n) is 4.07. The Bertz CT molecular complexity index is 1630. The summed E-state index contributed by atoms with van der Waals surface area (Å²) in [4.78, 5) is 28.4. The number of hydrogen-bond donors (Lipinski definition) is 4. The molecule has 4 N–H and O–H groups in total. The Kier molecular flexibility index (Phi) is 5.00. The van der Waals surface area contributed by atoms with Crippen molar-refractivity contribution < 1.29 is 4.79 Å². The number of amides is 2. The number of imidazole rings is 2. The van der Waals surface area contributed by atoms with Gasteiger partial charge in [-0.3, -0.25) is 0 Å². The lowest BCUT2D eigenvalue weighted by Crippen LogP contribution is -2.19. The highest BCUT2D eigenvalue weighted by molar-refractivity contribution is 6.00. The minimum absolute atomic E-state index is 0.312. The van der Waals surface area contributed by atoms with E-state index >= 15 is 0 Å². The molecule has 0 bridgehead atoms. The zero-order chi connectivity index (χ0) is 23.8. The molecule has 0 unspecified atom stereocenters. The summed E-state index contributed by atoms with van der Waals surface area (Å²) in [6.07, 6.45) is 0. The van der Waals surface area contributed by atoms with Gasteiger partial charge in [0.25, 0.3) is 0 Å². The van der Waals surface area contributed by atoms with Gasteiger partial charge in [0.15, 0.2) is 0 Å². The van der Waals surface area contributed by atoms with Crippen LogP contribution < -0.4 is 10.6 Å². The number of fused-ring (bicyclic) bond motifs is 2. The van der Waals surface area contributed by atoms with E-state index in [1.54, 1.807) is 0 Å². The number of H-pyrrole nitrogens is 2. The summed E-state index contributed by atoms with van der Waals surface area (Å²) >= 11 is 0. The molecule has 0 saturated heterocycles. The van der Waals surface area contributed by atoms with Crippen LogP contribution in [-0.2, 0) is 0 Å². The third kappa shape index (κ3) is 4.22. The Labute approximate surface area is 201 Å². The van der Waals surface area contributed by atoms with E-state index in [1.807, 2.05) is 84.9 Å². The van der Waals surface area contributed by atoms with Gasteiger partial charge in [0.05, 0.1) is 22.1 Å². The number of rotatable bonds is 4. The van der Waals surface area contributed by atoms with Gasteiger partial charge in [-0.1, -0.05) is 18.2 Å².